The van der Waals surface area contributed by atoms with Crippen LogP contribution in [0.3, 0.4) is 0 Å². The average Bonchev–Trinajstić information content (AvgIpc) is 2.81. The van der Waals surface area contributed by atoms with Crippen molar-refractivity contribution < 1.29 is 9.53 Å². The molecular formula is C12H16BrN3O2. The van der Waals surface area contributed by atoms with Crippen molar-refractivity contribution in [2.45, 2.75) is 13.0 Å². The van der Waals surface area contributed by atoms with Crippen molar-refractivity contribution in [1.82, 2.24) is 10.3 Å². The number of carbonyl (C=O) groups is 1. The Morgan fingerprint density at radius 1 is 1.56 bits per heavy atom. The summed E-state index contributed by atoms with van der Waals surface area (Å²) in [5.74, 6) is 0.356. The molecule has 0 saturated carbocycles. The number of pyridine rings is 1. The Morgan fingerprint density at radius 3 is 3.06 bits per heavy atom. The molecule has 1 aliphatic rings. The van der Waals surface area contributed by atoms with Crippen LogP contribution in [0, 0.1) is 5.92 Å². The van der Waals surface area contributed by atoms with Crippen LogP contribution in [0.15, 0.2) is 22.8 Å². The highest BCUT2D eigenvalue weighted by atomic mass is 79.9. The van der Waals surface area contributed by atoms with Crippen LogP contribution in [0.1, 0.15) is 6.92 Å². The first-order valence-electron chi connectivity index (χ1n) is 5.94. The summed E-state index contributed by atoms with van der Waals surface area (Å²) in [5.41, 5.74) is 0. The number of anilines is 1. The maximum absolute atomic E-state index is 12.1. The van der Waals surface area contributed by atoms with Crippen molar-refractivity contribution >= 4 is 27.7 Å². The lowest BCUT2D eigenvalue weighted by Gasteiger charge is -2.17. The highest BCUT2D eigenvalue weighted by Gasteiger charge is 2.33. The summed E-state index contributed by atoms with van der Waals surface area (Å²) in [7, 11) is 0. The fraction of sp³-hybridized carbons (Fsp3) is 0.500. The molecule has 0 bridgehead atoms. The van der Waals surface area contributed by atoms with Gasteiger partial charge in [-0.2, -0.15) is 0 Å². The van der Waals surface area contributed by atoms with Gasteiger partial charge in [-0.15, -0.1) is 0 Å². The van der Waals surface area contributed by atoms with E-state index in [2.05, 4.69) is 31.5 Å². The lowest BCUT2D eigenvalue weighted by Crippen LogP contribution is -2.41. The minimum Gasteiger partial charge on any atom is -0.379 e. The van der Waals surface area contributed by atoms with E-state index in [1.54, 1.807) is 12.3 Å². The first-order chi connectivity index (χ1) is 8.70. The lowest BCUT2D eigenvalue weighted by atomic mass is 10.0. The molecule has 1 saturated heterocycles. The van der Waals surface area contributed by atoms with Crippen molar-refractivity contribution in [3.05, 3.63) is 22.8 Å². The van der Waals surface area contributed by atoms with Gasteiger partial charge >= 0.3 is 0 Å². The van der Waals surface area contributed by atoms with Crippen molar-refractivity contribution in [1.29, 1.82) is 0 Å². The molecule has 0 radical (unpaired) electrons. The predicted octanol–water partition coefficient (Wildman–Crippen LogP) is 1.41. The molecule has 2 heterocycles. The summed E-state index contributed by atoms with van der Waals surface area (Å²) < 4.78 is 6.23. The number of halogens is 1. The van der Waals surface area contributed by atoms with Gasteiger partial charge in [0.25, 0.3) is 0 Å². The summed E-state index contributed by atoms with van der Waals surface area (Å²) in [6, 6.07) is 3.70. The van der Waals surface area contributed by atoms with Gasteiger partial charge in [-0.05, 0) is 34.6 Å². The Hall–Kier alpha value is -0.980. The fourth-order valence-electron chi connectivity index (χ4n) is 1.94. The molecule has 2 unspecified atom stereocenters. The third kappa shape index (κ3) is 3.28. The second-order valence-electron chi connectivity index (χ2n) is 4.16. The number of rotatable bonds is 4. The Morgan fingerprint density at radius 2 is 2.39 bits per heavy atom. The maximum atomic E-state index is 12.1. The van der Waals surface area contributed by atoms with E-state index in [1.807, 2.05) is 13.0 Å². The molecule has 1 aliphatic heterocycles. The van der Waals surface area contributed by atoms with E-state index in [-0.39, 0.29) is 17.9 Å². The van der Waals surface area contributed by atoms with Gasteiger partial charge in [-0.3, -0.25) is 4.79 Å². The fourth-order valence-corrected chi connectivity index (χ4v) is 2.18. The summed E-state index contributed by atoms with van der Waals surface area (Å²) in [5, 5.41) is 6.07. The van der Waals surface area contributed by atoms with E-state index in [1.165, 1.54) is 0 Å². The van der Waals surface area contributed by atoms with Gasteiger partial charge in [0, 0.05) is 16.7 Å². The quantitative estimate of drug-likeness (QED) is 0.882. The molecule has 0 aliphatic carbocycles. The Bertz CT molecular complexity index is 410. The molecule has 2 rings (SSSR count). The number of hydrogen-bond donors (Lipinski definition) is 2. The van der Waals surface area contributed by atoms with Crippen LogP contribution in [0.4, 0.5) is 5.82 Å². The average molecular weight is 314 g/mol. The third-order valence-corrected chi connectivity index (χ3v) is 3.33. The predicted molar refractivity (Wildman–Crippen MR) is 72.3 cm³/mol. The number of aromatic nitrogens is 1. The molecule has 1 aromatic rings. The standard InChI is InChI=1S/C12H16BrN3O2/c1-2-14-10-7-18-6-9(10)12(17)16-11-4-3-8(13)5-15-11/h3-5,9-10,14H,2,6-7H2,1H3,(H,15,16,17). The lowest BCUT2D eigenvalue weighted by molar-refractivity contribution is -0.120. The molecular weight excluding hydrogens is 298 g/mol. The van der Waals surface area contributed by atoms with Crippen molar-refractivity contribution in [2.24, 2.45) is 5.92 Å². The summed E-state index contributed by atoms with van der Waals surface area (Å²) in [6.07, 6.45) is 1.66. The number of ether oxygens (including phenoxy) is 1. The second-order valence-corrected chi connectivity index (χ2v) is 5.07. The molecule has 98 valence electrons. The Kier molecular flexibility index (Phi) is 4.68. The van der Waals surface area contributed by atoms with E-state index in [4.69, 9.17) is 4.74 Å². The molecule has 2 N–H and O–H groups in total. The molecule has 5 nitrogen and oxygen atoms in total. The van der Waals surface area contributed by atoms with Gasteiger partial charge in [0.2, 0.25) is 5.91 Å². The van der Waals surface area contributed by atoms with E-state index >= 15 is 0 Å². The van der Waals surface area contributed by atoms with Crippen LogP contribution in [-0.2, 0) is 9.53 Å². The van der Waals surface area contributed by atoms with Crippen molar-refractivity contribution in [3.8, 4) is 0 Å². The minimum absolute atomic E-state index is 0.0479. The third-order valence-electron chi connectivity index (χ3n) is 2.86. The van der Waals surface area contributed by atoms with Crippen LogP contribution < -0.4 is 10.6 Å². The van der Waals surface area contributed by atoms with Gasteiger partial charge in [-0.25, -0.2) is 4.98 Å². The summed E-state index contributed by atoms with van der Waals surface area (Å²) in [4.78, 5) is 16.2. The van der Waals surface area contributed by atoms with Crippen molar-refractivity contribution in [3.63, 3.8) is 0 Å². The molecule has 1 fully saturated rings. The van der Waals surface area contributed by atoms with Crippen LogP contribution in [0.25, 0.3) is 0 Å². The van der Waals surface area contributed by atoms with Gasteiger partial charge in [0.1, 0.15) is 5.82 Å². The number of carbonyl (C=O) groups excluding carboxylic acids is 1. The van der Waals surface area contributed by atoms with Gasteiger partial charge in [-0.1, -0.05) is 6.92 Å². The SMILES string of the molecule is CCNC1COCC1C(=O)Nc1ccc(Br)cn1. The molecule has 1 amide bonds. The number of nitrogens with zero attached hydrogens (tertiary/aromatic N) is 1. The molecule has 1 aromatic heterocycles. The van der Waals surface area contributed by atoms with Crippen LogP contribution in [0.5, 0.6) is 0 Å². The summed E-state index contributed by atoms with van der Waals surface area (Å²) >= 11 is 3.30. The topological polar surface area (TPSA) is 63.2 Å². The van der Waals surface area contributed by atoms with Crippen molar-refractivity contribution in [2.75, 3.05) is 25.1 Å². The molecule has 18 heavy (non-hydrogen) atoms. The highest BCUT2D eigenvalue weighted by molar-refractivity contribution is 9.10. The Labute approximate surface area is 114 Å². The maximum Gasteiger partial charge on any atom is 0.232 e. The molecule has 2 atom stereocenters. The minimum atomic E-state index is -0.157. The zero-order valence-corrected chi connectivity index (χ0v) is 11.7. The molecule has 6 heteroatoms. The van der Waals surface area contributed by atoms with Gasteiger partial charge in [0.05, 0.1) is 19.1 Å². The van der Waals surface area contributed by atoms with E-state index in [0.717, 1.165) is 11.0 Å². The Balaban J connectivity index is 1.96. The normalized spacial score (nSPS) is 23.0. The van der Waals surface area contributed by atoms with E-state index in [9.17, 15) is 4.79 Å². The van der Waals surface area contributed by atoms with E-state index < -0.39 is 0 Å². The zero-order chi connectivity index (χ0) is 13.0. The smallest absolute Gasteiger partial charge is 0.232 e. The highest BCUT2D eigenvalue weighted by Crippen LogP contribution is 2.17. The number of likely N-dealkylation sites (N-methyl/N-ethyl adjacent to an activating group) is 1. The molecule has 0 spiro atoms. The van der Waals surface area contributed by atoms with Crippen LogP contribution in [-0.4, -0.2) is 36.7 Å². The first kappa shape index (κ1) is 13.5. The van der Waals surface area contributed by atoms with Crippen LogP contribution in [0.2, 0.25) is 0 Å². The summed E-state index contributed by atoms with van der Waals surface area (Å²) in [6.45, 7) is 3.89. The van der Waals surface area contributed by atoms with Crippen LogP contribution >= 0.6 is 15.9 Å². The largest absolute Gasteiger partial charge is 0.379 e. The van der Waals surface area contributed by atoms with E-state index in [0.29, 0.717) is 19.0 Å². The second kappa shape index (κ2) is 6.26. The van der Waals surface area contributed by atoms with Gasteiger partial charge < -0.3 is 15.4 Å². The van der Waals surface area contributed by atoms with Gasteiger partial charge in [0.15, 0.2) is 0 Å². The number of hydrogen-bond acceptors (Lipinski definition) is 4. The number of nitrogens with one attached hydrogen (secondary N) is 2. The number of amides is 1. The monoisotopic (exact) mass is 313 g/mol. The molecule has 0 aromatic carbocycles. The first-order valence-corrected chi connectivity index (χ1v) is 6.73. The zero-order valence-electron chi connectivity index (χ0n) is 10.1.